The van der Waals surface area contributed by atoms with Gasteiger partial charge in [0.2, 0.25) is 0 Å². The van der Waals surface area contributed by atoms with E-state index in [1.54, 1.807) is 26.1 Å². The Balaban J connectivity index is 2.58. The van der Waals surface area contributed by atoms with Crippen LogP contribution in [-0.2, 0) is 5.41 Å². The molecule has 0 amide bonds. The molecule has 0 saturated carbocycles. The van der Waals surface area contributed by atoms with Gasteiger partial charge in [0.05, 0.1) is 11.5 Å². The molecule has 0 spiro atoms. The minimum Gasteiger partial charge on any atom is -0.253 e. The molecular weight excluding hydrogens is 239 g/mol. The van der Waals surface area contributed by atoms with Crippen LogP contribution in [0, 0.1) is 24.1 Å². The van der Waals surface area contributed by atoms with Crippen LogP contribution in [0.4, 0.5) is 4.39 Å². The maximum Gasteiger partial charge on any atom is 0.154 e. The van der Waals surface area contributed by atoms with Crippen LogP contribution in [0.2, 0.25) is 0 Å². The largest absolute Gasteiger partial charge is 0.253 e. The maximum atomic E-state index is 14.5. The van der Waals surface area contributed by atoms with Gasteiger partial charge in [0.25, 0.3) is 0 Å². The van der Waals surface area contributed by atoms with Gasteiger partial charge in [-0.3, -0.25) is 4.98 Å². The van der Waals surface area contributed by atoms with Crippen molar-refractivity contribution in [1.29, 1.82) is 5.26 Å². The third-order valence-electron chi connectivity index (χ3n) is 3.17. The van der Waals surface area contributed by atoms with Crippen molar-refractivity contribution in [3.63, 3.8) is 0 Å². The van der Waals surface area contributed by atoms with E-state index in [0.717, 1.165) is 11.1 Å². The van der Waals surface area contributed by atoms with Crippen molar-refractivity contribution in [1.82, 2.24) is 4.98 Å². The standard InChI is InChI=1S/C16H15FN2/c1-11-4-6-12(7-5-11)15-14(17)13(8-9-19-15)16(2,3)10-18/h4-9H,1-3H3. The van der Waals surface area contributed by atoms with Gasteiger partial charge in [0.15, 0.2) is 5.82 Å². The summed E-state index contributed by atoms with van der Waals surface area (Å²) in [7, 11) is 0. The van der Waals surface area contributed by atoms with E-state index in [1.807, 2.05) is 31.2 Å². The summed E-state index contributed by atoms with van der Waals surface area (Å²) in [6, 6.07) is 11.2. The average molecular weight is 254 g/mol. The molecular formula is C16H15FN2. The summed E-state index contributed by atoms with van der Waals surface area (Å²) < 4.78 is 14.5. The van der Waals surface area contributed by atoms with Crippen molar-refractivity contribution < 1.29 is 4.39 Å². The molecule has 0 atom stereocenters. The molecule has 0 aliphatic rings. The minimum atomic E-state index is -0.869. The number of nitriles is 1. The third-order valence-corrected chi connectivity index (χ3v) is 3.17. The lowest BCUT2D eigenvalue weighted by atomic mass is 9.85. The number of aryl methyl sites for hydroxylation is 1. The van der Waals surface area contributed by atoms with Gasteiger partial charge >= 0.3 is 0 Å². The molecule has 2 rings (SSSR count). The highest BCUT2D eigenvalue weighted by Gasteiger charge is 2.25. The molecule has 3 heteroatoms. The Hall–Kier alpha value is -2.21. The fourth-order valence-electron chi connectivity index (χ4n) is 1.90. The van der Waals surface area contributed by atoms with Crippen LogP contribution < -0.4 is 0 Å². The Kier molecular flexibility index (Phi) is 3.35. The zero-order chi connectivity index (χ0) is 14.0. The number of halogens is 1. The van der Waals surface area contributed by atoms with E-state index in [1.165, 1.54) is 0 Å². The SMILES string of the molecule is Cc1ccc(-c2nccc(C(C)(C)C#N)c2F)cc1. The summed E-state index contributed by atoms with van der Waals surface area (Å²) in [5.74, 6) is -0.419. The fraction of sp³-hybridized carbons (Fsp3) is 0.250. The Bertz CT molecular complexity index is 637. The lowest BCUT2D eigenvalue weighted by molar-refractivity contribution is 0.563. The normalized spacial score (nSPS) is 11.1. The van der Waals surface area contributed by atoms with Crippen molar-refractivity contribution in [3.8, 4) is 17.3 Å². The van der Waals surface area contributed by atoms with Gasteiger partial charge in [-0.1, -0.05) is 29.8 Å². The van der Waals surface area contributed by atoms with Crippen LogP contribution in [0.1, 0.15) is 25.0 Å². The first-order valence-corrected chi connectivity index (χ1v) is 6.09. The van der Waals surface area contributed by atoms with Gasteiger partial charge in [-0.2, -0.15) is 5.26 Å². The minimum absolute atomic E-state index is 0.292. The zero-order valence-electron chi connectivity index (χ0n) is 11.2. The molecule has 0 N–H and O–H groups in total. The van der Waals surface area contributed by atoms with E-state index in [4.69, 9.17) is 5.26 Å². The summed E-state index contributed by atoms with van der Waals surface area (Å²) in [6.45, 7) is 5.37. The molecule has 0 radical (unpaired) electrons. The zero-order valence-corrected chi connectivity index (χ0v) is 11.2. The molecule has 1 heterocycles. The number of hydrogen-bond acceptors (Lipinski definition) is 2. The summed E-state index contributed by atoms with van der Waals surface area (Å²) in [5.41, 5.74) is 1.63. The summed E-state index contributed by atoms with van der Waals surface area (Å²) in [4.78, 5) is 4.10. The Morgan fingerprint density at radius 3 is 2.37 bits per heavy atom. The smallest absolute Gasteiger partial charge is 0.154 e. The van der Waals surface area contributed by atoms with Crippen LogP contribution in [0.25, 0.3) is 11.3 Å². The highest BCUT2D eigenvalue weighted by molar-refractivity contribution is 5.61. The molecule has 19 heavy (non-hydrogen) atoms. The van der Waals surface area contributed by atoms with Crippen LogP contribution in [0.5, 0.6) is 0 Å². The molecule has 96 valence electrons. The molecule has 2 aromatic rings. The van der Waals surface area contributed by atoms with Crippen LogP contribution >= 0.6 is 0 Å². The molecule has 1 aromatic carbocycles. The predicted molar refractivity (Wildman–Crippen MR) is 73.0 cm³/mol. The Morgan fingerprint density at radius 1 is 1.16 bits per heavy atom. The first kappa shape index (κ1) is 13.2. The third kappa shape index (κ3) is 2.48. The van der Waals surface area contributed by atoms with Crippen molar-refractivity contribution in [2.75, 3.05) is 0 Å². The lowest BCUT2D eigenvalue weighted by Crippen LogP contribution is -2.17. The number of pyridine rings is 1. The molecule has 2 nitrogen and oxygen atoms in total. The second kappa shape index (κ2) is 4.81. The molecule has 0 aliphatic heterocycles. The van der Waals surface area contributed by atoms with Crippen LogP contribution in [0.15, 0.2) is 36.5 Å². The summed E-state index contributed by atoms with van der Waals surface area (Å²) >= 11 is 0. The fourth-order valence-corrected chi connectivity index (χ4v) is 1.90. The average Bonchev–Trinajstić information content (AvgIpc) is 2.40. The van der Waals surface area contributed by atoms with Crippen molar-refractivity contribution in [3.05, 3.63) is 53.5 Å². The van der Waals surface area contributed by atoms with Crippen molar-refractivity contribution in [2.24, 2.45) is 0 Å². The van der Waals surface area contributed by atoms with E-state index in [0.29, 0.717) is 11.3 Å². The first-order valence-electron chi connectivity index (χ1n) is 6.09. The van der Waals surface area contributed by atoms with Gasteiger partial charge in [-0.25, -0.2) is 4.39 Å². The molecule has 0 saturated heterocycles. The highest BCUT2D eigenvalue weighted by atomic mass is 19.1. The highest BCUT2D eigenvalue weighted by Crippen LogP contribution is 2.30. The number of nitrogens with zero attached hydrogens (tertiary/aromatic N) is 2. The number of rotatable bonds is 2. The van der Waals surface area contributed by atoms with Gasteiger partial charge < -0.3 is 0 Å². The second-order valence-electron chi connectivity index (χ2n) is 5.12. The van der Waals surface area contributed by atoms with E-state index < -0.39 is 11.2 Å². The quantitative estimate of drug-likeness (QED) is 0.812. The molecule has 0 aliphatic carbocycles. The second-order valence-corrected chi connectivity index (χ2v) is 5.12. The lowest BCUT2D eigenvalue weighted by Gasteiger charge is -2.17. The maximum absolute atomic E-state index is 14.5. The van der Waals surface area contributed by atoms with Gasteiger partial charge in [-0.15, -0.1) is 0 Å². The summed E-state index contributed by atoms with van der Waals surface area (Å²) in [6.07, 6.45) is 1.55. The van der Waals surface area contributed by atoms with E-state index in [-0.39, 0.29) is 0 Å². The molecule has 0 bridgehead atoms. The Labute approximate surface area is 112 Å². The molecule has 0 fully saturated rings. The van der Waals surface area contributed by atoms with Gasteiger partial charge in [-0.05, 0) is 26.8 Å². The van der Waals surface area contributed by atoms with E-state index in [9.17, 15) is 4.39 Å². The van der Waals surface area contributed by atoms with E-state index in [2.05, 4.69) is 11.1 Å². The van der Waals surface area contributed by atoms with Gasteiger partial charge in [0.1, 0.15) is 5.69 Å². The van der Waals surface area contributed by atoms with E-state index >= 15 is 0 Å². The van der Waals surface area contributed by atoms with Crippen molar-refractivity contribution in [2.45, 2.75) is 26.2 Å². The monoisotopic (exact) mass is 254 g/mol. The molecule has 0 unspecified atom stereocenters. The molecule has 1 aromatic heterocycles. The van der Waals surface area contributed by atoms with Crippen molar-refractivity contribution >= 4 is 0 Å². The first-order chi connectivity index (χ1) is 8.95. The van der Waals surface area contributed by atoms with Crippen LogP contribution in [0.3, 0.4) is 0 Å². The number of aromatic nitrogens is 1. The Morgan fingerprint density at radius 2 is 1.79 bits per heavy atom. The number of hydrogen-bond donors (Lipinski definition) is 0. The summed E-state index contributed by atoms with van der Waals surface area (Å²) in [5, 5.41) is 9.13. The topological polar surface area (TPSA) is 36.7 Å². The van der Waals surface area contributed by atoms with Gasteiger partial charge in [0, 0.05) is 17.3 Å². The number of benzene rings is 1. The predicted octanol–water partition coefficient (Wildman–Crippen LogP) is 4.00. The van der Waals surface area contributed by atoms with Crippen LogP contribution in [-0.4, -0.2) is 4.98 Å².